The van der Waals surface area contributed by atoms with Gasteiger partial charge in [-0.25, -0.2) is 4.79 Å². The highest BCUT2D eigenvalue weighted by Gasteiger charge is 2.47. The Bertz CT molecular complexity index is 452. The first-order valence-corrected chi connectivity index (χ1v) is 6.53. The Kier molecular flexibility index (Phi) is 5.03. The second-order valence-corrected chi connectivity index (χ2v) is 4.54. The molecule has 0 radical (unpaired) electrons. The molecule has 0 spiro atoms. The van der Waals surface area contributed by atoms with Crippen LogP contribution < -0.4 is 11.1 Å². The number of allylic oxidation sites excluding steroid dienone is 2. The smallest absolute Gasteiger partial charge is 0.349 e. The first-order chi connectivity index (χ1) is 9.02. The summed E-state index contributed by atoms with van der Waals surface area (Å²) in [5.74, 6) is -0.340. The van der Waals surface area contributed by atoms with Gasteiger partial charge in [0.15, 0.2) is 0 Å². The number of nitrogens with zero attached hydrogens (tertiary/aromatic N) is 1. The number of aliphatic imine (C=N–C) groups is 1. The summed E-state index contributed by atoms with van der Waals surface area (Å²) >= 11 is 0. The fourth-order valence-corrected chi connectivity index (χ4v) is 2.41. The van der Waals surface area contributed by atoms with Crippen molar-refractivity contribution >= 4 is 17.8 Å². The van der Waals surface area contributed by atoms with E-state index >= 15 is 0 Å². The Morgan fingerprint density at radius 3 is 2.63 bits per heavy atom. The van der Waals surface area contributed by atoms with E-state index in [4.69, 9.17) is 5.73 Å². The molecule has 0 unspecified atom stereocenters. The van der Waals surface area contributed by atoms with Gasteiger partial charge in [-0.2, -0.15) is 4.99 Å². The third kappa shape index (κ3) is 2.75. The van der Waals surface area contributed by atoms with E-state index in [-0.39, 0.29) is 5.84 Å². The minimum Gasteiger partial charge on any atom is -0.386 e. The molecule has 0 saturated heterocycles. The molecule has 0 saturated carbocycles. The molecule has 0 aromatic rings. The lowest BCUT2D eigenvalue weighted by molar-refractivity contribution is -0.125. The van der Waals surface area contributed by atoms with Crippen molar-refractivity contribution in [3.8, 4) is 0 Å². The lowest BCUT2D eigenvalue weighted by atomic mass is 9.72. The van der Waals surface area contributed by atoms with Crippen LogP contribution in [0.5, 0.6) is 0 Å². The molecular formula is C14H21N3O2. The summed E-state index contributed by atoms with van der Waals surface area (Å²) < 4.78 is 0. The van der Waals surface area contributed by atoms with Crippen LogP contribution in [-0.2, 0) is 4.79 Å². The molecular weight excluding hydrogens is 242 g/mol. The first kappa shape index (κ1) is 15.1. The van der Waals surface area contributed by atoms with Gasteiger partial charge in [-0.15, -0.1) is 6.58 Å². The molecule has 3 amide bonds. The molecule has 1 atom stereocenters. The number of hydrogen-bond acceptors (Lipinski definition) is 3. The number of amides is 3. The Balaban J connectivity index is 3.40. The number of nitrogens with one attached hydrogen (secondary N) is 1. The van der Waals surface area contributed by atoms with E-state index < -0.39 is 17.4 Å². The number of nitrogens with two attached hydrogens (primary N) is 1. The molecule has 1 aliphatic heterocycles. The molecule has 0 fully saturated rings. The average molecular weight is 263 g/mol. The van der Waals surface area contributed by atoms with Crippen molar-refractivity contribution in [2.45, 2.75) is 39.5 Å². The summed E-state index contributed by atoms with van der Waals surface area (Å²) in [6.07, 6.45) is 6.39. The number of carbonyl (C=O) groups excluding carboxylic acids is 2. The molecule has 0 aromatic carbocycles. The highest BCUT2D eigenvalue weighted by molar-refractivity contribution is 6.20. The van der Waals surface area contributed by atoms with Gasteiger partial charge in [0.2, 0.25) is 5.91 Å². The predicted molar refractivity (Wildman–Crippen MR) is 75.7 cm³/mol. The van der Waals surface area contributed by atoms with E-state index in [1.54, 1.807) is 6.08 Å². The van der Waals surface area contributed by atoms with Crippen LogP contribution in [0.3, 0.4) is 0 Å². The summed E-state index contributed by atoms with van der Waals surface area (Å²) in [6, 6.07) is -0.700. The fourth-order valence-electron chi connectivity index (χ4n) is 2.41. The van der Waals surface area contributed by atoms with Crippen LogP contribution in [0.15, 0.2) is 29.3 Å². The van der Waals surface area contributed by atoms with E-state index in [0.717, 1.165) is 24.8 Å². The van der Waals surface area contributed by atoms with Crippen LogP contribution in [0, 0.1) is 5.41 Å². The van der Waals surface area contributed by atoms with Crippen molar-refractivity contribution in [2.24, 2.45) is 16.1 Å². The third-order valence-electron chi connectivity index (χ3n) is 3.24. The quantitative estimate of drug-likeness (QED) is 0.721. The SMILES string of the molecule is C=CC[C@]1(/C(=C/CC)CCC)C(=O)NC(=O)N=C1N. The van der Waals surface area contributed by atoms with Crippen molar-refractivity contribution in [3.05, 3.63) is 24.3 Å². The van der Waals surface area contributed by atoms with Gasteiger partial charge in [0.05, 0.1) is 0 Å². The molecule has 5 nitrogen and oxygen atoms in total. The Morgan fingerprint density at radius 1 is 1.47 bits per heavy atom. The minimum atomic E-state index is -1.05. The predicted octanol–water partition coefficient (Wildman–Crippen LogP) is 2.29. The van der Waals surface area contributed by atoms with Crippen molar-refractivity contribution in [3.63, 3.8) is 0 Å². The zero-order chi connectivity index (χ0) is 14.5. The van der Waals surface area contributed by atoms with Crippen LogP contribution in [0.4, 0.5) is 4.79 Å². The molecule has 104 valence electrons. The van der Waals surface area contributed by atoms with Gasteiger partial charge >= 0.3 is 6.03 Å². The second-order valence-electron chi connectivity index (χ2n) is 4.54. The highest BCUT2D eigenvalue weighted by atomic mass is 16.2. The molecule has 0 bridgehead atoms. The third-order valence-corrected chi connectivity index (χ3v) is 3.24. The van der Waals surface area contributed by atoms with Crippen molar-refractivity contribution < 1.29 is 9.59 Å². The summed E-state index contributed by atoms with van der Waals surface area (Å²) in [5, 5.41) is 2.25. The van der Waals surface area contributed by atoms with E-state index in [2.05, 4.69) is 16.9 Å². The number of carbonyl (C=O) groups is 2. The zero-order valence-corrected chi connectivity index (χ0v) is 11.5. The summed E-state index contributed by atoms with van der Waals surface area (Å²) in [5.41, 5.74) is 5.77. The fraction of sp³-hybridized carbons (Fsp3) is 0.500. The number of rotatable bonds is 6. The average Bonchev–Trinajstić information content (AvgIpc) is 2.33. The minimum absolute atomic E-state index is 0.0642. The Hall–Kier alpha value is -1.91. The lowest BCUT2D eigenvalue weighted by Gasteiger charge is -2.35. The standard InChI is InChI=1S/C14H21N3O2/c1-4-7-10(8-5-2)14(9-6-3)11(15)16-13(19)17-12(14)18/h6-7H,3-5,8-9H2,1-2H3,(H3,15,16,17,18,19)/b10-7+/t14-/m1/s1. The van der Waals surface area contributed by atoms with Crippen molar-refractivity contribution in [2.75, 3.05) is 0 Å². The number of hydrogen-bond donors (Lipinski definition) is 2. The maximum absolute atomic E-state index is 12.3. The topological polar surface area (TPSA) is 84.5 Å². The molecule has 0 aliphatic carbocycles. The van der Waals surface area contributed by atoms with E-state index in [9.17, 15) is 9.59 Å². The summed E-state index contributed by atoms with van der Waals surface area (Å²) in [6.45, 7) is 7.72. The number of urea groups is 1. The van der Waals surface area contributed by atoms with E-state index in [1.165, 1.54) is 0 Å². The molecule has 1 rings (SSSR count). The number of imide groups is 1. The summed E-state index contributed by atoms with van der Waals surface area (Å²) in [7, 11) is 0. The summed E-state index contributed by atoms with van der Waals surface area (Å²) in [4.78, 5) is 27.3. The van der Waals surface area contributed by atoms with Gasteiger partial charge in [-0.3, -0.25) is 10.1 Å². The van der Waals surface area contributed by atoms with Crippen molar-refractivity contribution in [1.29, 1.82) is 0 Å². The van der Waals surface area contributed by atoms with Crippen LogP contribution in [0.2, 0.25) is 0 Å². The molecule has 1 heterocycles. The van der Waals surface area contributed by atoms with Crippen LogP contribution in [-0.4, -0.2) is 17.8 Å². The normalized spacial score (nSPS) is 23.9. The van der Waals surface area contributed by atoms with E-state index in [1.807, 2.05) is 19.9 Å². The largest absolute Gasteiger partial charge is 0.386 e. The molecule has 19 heavy (non-hydrogen) atoms. The maximum Gasteiger partial charge on any atom is 0.349 e. The van der Waals surface area contributed by atoms with Crippen LogP contribution >= 0.6 is 0 Å². The van der Waals surface area contributed by atoms with Gasteiger partial charge in [0.1, 0.15) is 11.3 Å². The molecule has 3 N–H and O–H groups in total. The first-order valence-electron chi connectivity index (χ1n) is 6.53. The van der Waals surface area contributed by atoms with Gasteiger partial charge < -0.3 is 5.73 Å². The second kappa shape index (κ2) is 6.31. The van der Waals surface area contributed by atoms with Gasteiger partial charge in [0.25, 0.3) is 0 Å². The highest BCUT2D eigenvalue weighted by Crippen LogP contribution is 2.37. The monoisotopic (exact) mass is 263 g/mol. The van der Waals surface area contributed by atoms with Gasteiger partial charge in [-0.1, -0.05) is 38.0 Å². The van der Waals surface area contributed by atoms with Crippen molar-refractivity contribution in [1.82, 2.24) is 5.32 Å². The zero-order valence-electron chi connectivity index (χ0n) is 11.5. The Morgan fingerprint density at radius 2 is 2.16 bits per heavy atom. The van der Waals surface area contributed by atoms with Crippen LogP contribution in [0.1, 0.15) is 39.5 Å². The van der Waals surface area contributed by atoms with Crippen LogP contribution in [0.25, 0.3) is 0 Å². The van der Waals surface area contributed by atoms with Gasteiger partial charge in [0, 0.05) is 0 Å². The number of amidine groups is 1. The molecule has 1 aliphatic rings. The Labute approximate surface area is 113 Å². The van der Waals surface area contributed by atoms with E-state index in [0.29, 0.717) is 6.42 Å². The maximum atomic E-state index is 12.3. The van der Waals surface area contributed by atoms with Gasteiger partial charge in [-0.05, 0) is 19.3 Å². The molecule has 0 aromatic heterocycles. The lowest BCUT2D eigenvalue weighted by Crippen LogP contribution is -2.56. The molecule has 5 heteroatoms.